The van der Waals surface area contributed by atoms with E-state index in [4.69, 9.17) is 14.2 Å². The molecule has 7 nitrogen and oxygen atoms in total. The van der Waals surface area contributed by atoms with Crippen LogP contribution in [0.5, 0.6) is 17.2 Å². The van der Waals surface area contributed by atoms with Crippen molar-refractivity contribution in [3.63, 3.8) is 0 Å². The summed E-state index contributed by atoms with van der Waals surface area (Å²) in [5.41, 5.74) is 2.59. The summed E-state index contributed by atoms with van der Waals surface area (Å²) in [6, 6.07) is 11.3. The number of ether oxygens (including phenoxy) is 3. The summed E-state index contributed by atoms with van der Waals surface area (Å²) >= 11 is 0. The third-order valence-electron chi connectivity index (χ3n) is 4.37. The fourth-order valence-electron chi connectivity index (χ4n) is 3.01. The molecule has 1 N–H and O–H groups in total. The number of nitrogens with zero attached hydrogens (tertiary/aromatic N) is 2. The van der Waals surface area contributed by atoms with Crippen LogP contribution in [0.15, 0.2) is 48.8 Å². The minimum Gasteiger partial charge on any atom is -0.493 e. The van der Waals surface area contributed by atoms with Gasteiger partial charge in [-0.3, -0.25) is 4.79 Å². The number of amides is 1. The van der Waals surface area contributed by atoms with Gasteiger partial charge in [0.15, 0.2) is 11.5 Å². The zero-order valence-corrected chi connectivity index (χ0v) is 15.1. The van der Waals surface area contributed by atoms with Crippen molar-refractivity contribution in [1.29, 1.82) is 0 Å². The molecule has 0 saturated heterocycles. The van der Waals surface area contributed by atoms with Crippen molar-refractivity contribution in [2.24, 2.45) is 0 Å². The van der Waals surface area contributed by atoms with Crippen molar-refractivity contribution in [3.8, 4) is 28.6 Å². The highest BCUT2D eigenvalue weighted by Gasteiger charge is 2.22. The van der Waals surface area contributed by atoms with Crippen LogP contribution in [0.2, 0.25) is 0 Å². The van der Waals surface area contributed by atoms with E-state index in [1.807, 2.05) is 43.3 Å². The number of imidazole rings is 1. The molecule has 0 atom stereocenters. The van der Waals surface area contributed by atoms with E-state index in [9.17, 15) is 4.79 Å². The minimum atomic E-state index is -0.128. The van der Waals surface area contributed by atoms with Gasteiger partial charge in [0.2, 0.25) is 18.4 Å². The molecule has 0 bridgehead atoms. The first-order valence-corrected chi connectivity index (χ1v) is 8.50. The maximum atomic E-state index is 12.5. The molecule has 3 aromatic rings. The number of carbonyl (C=O) groups excluding carboxylic acids is 1. The van der Waals surface area contributed by atoms with Crippen LogP contribution in [0.4, 0.5) is 5.69 Å². The molecular weight excluding hydrogens is 346 g/mol. The van der Waals surface area contributed by atoms with Gasteiger partial charge in [-0.25, -0.2) is 4.98 Å². The van der Waals surface area contributed by atoms with Crippen LogP contribution in [-0.4, -0.2) is 29.4 Å². The third-order valence-corrected chi connectivity index (χ3v) is 4.37. The van der Waals surface area contributed by atoms with Gasteiger partial charge in [0.25, 0.3) is 0 Å². The Morgan fingerprint density at radius 2 is 2.15 bits per heavy atom. The highest BCUT2D eigenvalue weighted by Crippen LogP contribution is 2.43. The molecule has 2 heterocycles. The summed E-state index contributed by atoms with van der Waals surface area (Å²) < 4.78 is 18.1. The topological polar surface area (TPSA) is 74.6 Å². The highest BCUT2D eigenvalue weighted by atomic mass is 16.7. The third kappa shape index (κ3) is 3.31. The first-order chi connectivity index (χ1) is 13.2. The van der Waals surface area contributed by atoms with Gasteiger partial charge in [0.05, 0.1) is 7.11 Å². The van der Waals surface area contributed by atoms with Gasteiger partial charge in [-0.05, 0) is 30.7 Å². The number of aromatic nitrogens is 2. The van der Waals surface area contributed by atoms with Gasteiger partial charge in [0.1, 0.15) is 12.4 Å². The quantitative estimate of drug-likeness (QED) is 0.751. The minimum absolute atomic E-state index is 0.128. The van der Waals surface area contributed by atoms with Gasteiger partial charge in [-0.1, -0.05) is 18.2 Å². The second-order valence-corrected chi connectivity index (χ2v) is 6.15. The Hall–Kier alpha value is -3.48. The molecule has 7 heteroatoms. The molecule has 0 unspecified atom stereocenters. The van der Waals surface area contributed by atoms with E-state index in [0.717, 1.165) is 16.8 Å². The van der Waals surface area contributed by atoms with E-state index in [-0.39, 0.29) is 19.2 Å². The van der Waals surface area contributed by atoms with Crippen LogP contribution < -0.4 is 19.5 Å². The maximum Gasteiger partial charge on any atom is 0.244 e. The smallest absolute Gasteiger partial charge is 0.244 e. The van der Waals surface area contributed by atoms with Crippen LogP contribution in [0, 0.1) is 6.92 Å². The normalized spacial score (nSPS) is 12.1. The monoisotopic (exact) mass is 365 g/mol. The molecule has 0 spiro atoms. The van der Waals surface area contributed by atoms with Crippen molar-refractivity contribution in [2.75, 3.05) is 19.2 Å². The van der Waals surface area contributed by atoms with Gasteiger partial charge in [-0.15, -0.1) is 0 Å². The summed E-state index contributed by atoms with van der Waals surface area (Å²) in [4.78, 5) is 16.9. The highest BCUT2D eigenvalue weighted by molar-refractivity contribution is 5.91. The summed E-state index contributed by atoms with van der Waals surface area (Å²) in [7, 11) is 1.57. The summed E-state index contributed by atoms with van der Waals surface area (Å²) in [5.74, 6) is 2.27. The van der Waals surface area contributed by atoms with E-state index in [0.29, 0.717) is 23.1 Å². The summed E-state index contributed by atoms with van der Waals surface area (Å²) in [5, 5.41) is 2.93. The zero-order valence-electron chi connectivity index (χ0n) is 15.1. The average molecular weight is 365 g/mol. The number of methoxy groups -OCH3 is 1. The number of hydrogen-bond acceptors (Lipinski definition) is 5. The van der Waals surface area contributed by atoms with E-state index < -0.39 is 0 Å². The average Bonchev–Trinajstić information content (AvgIpc) is 3.31. The Kier molecular flexibility index (Phi) is 4.42. The standard InChI is InChI=1S/C20H19N3O4/c1-13-5-3-4-6-15(13)22-18(24)11-23-8-7-21-20(23)14-9-16(25-2)19-17(10-14)26-12-27-19/h3-10H,11-12H2,1-2H3,(H,22,24). The van der Waals surface area contributed by atoms with E-state index in [1.165, 1.54) is 0 Å². The molecule has 2 aromatic carbocycles. The molecule has 27 heavy (non-hydrogen) atoms. The molecule has 0 radical (unpaired) electrons. The number of aryl methyl sites for hydroxylation is 1. The molecule has 1 aromatic heterocycles. The van der Waals surface area contributed by atoms with Crippen molar-refractivity contribution in [1.82, 2.24) is 9.55 Å². The molecule has 1 aliphatic rings. The summed E-state index contributed by atoms with van der Waals surface area (Å²) in [6.07, 6.45) is 3.43. The van der Waals surface area contributed by atoms with Crippen molar-refractivity contribution >= 4 is 11.6 Å². The van der Waals surface area contributed by atoms with Crippen LogP contribution in [-0.2, 0) is 11.3 Å². The molecule has 0 fully saturated rings. The Morgan fingerprint density at radius 3 is 2.96 bits per heavy atom. The second kappa shape index (κ2) is 7.03. The van der Waals surface area contributed by atoms with Crippen molar-refractivity contribution in [3.05, 3.63) is 54.4 Å². The molecule has 0 aliphatic carbocycles. The van der Waals surface area contributed by atoms with Crippen LogP contribution in [0.3, 0.4) is 0 Å². The van der Waals surface area contributed by atoms with Crippen LogP contribution in [0.1, 0.15) is 5.56 Å². The first kappa shape index (κ1) is 17.0. The lowest BCUT2D eigenvalue weighted by Gasteiger charge is -2.12. The van der Waals surface area contributed by atoms with E-state index >= 15 is 0 Å². The molecule has 4 rings (SSSR count). The number of nitrogens with one attached hydrogen (secondary N) is 1. The molecule has 1 aliphatic heterocycles. The van der Waals surface area contributed by atoms with Gasteiger partial charge in [-0.2, -0.15) is 0 Å². The SMILES string of the molecule is COc1cc(-c2nccn2CC(=O)Nc2ccccc2C)cc2c1OCO2. The molecule has 138 valence electrons. The largest absolute Gasteiger partial charge is 0.493 e. The van der Waals surface area contributed by atoms with Gasteiger partial charge in [0, 0.05) is 23.6 Å². The number of anilines is 1. The number of hydrogen-bond donors (Lipinski definition) is 1. The Balaban J connectivity index is 1.59. The predicted molar refractivity (Wildman–Crippen MR) is 100 cm³/mol. The molecule has 1 amide bonds. The lowest BCUT2D eigenvalue weighted by molar-refractivity contribution is -0.116. The van der Waals surface area contributed by atoms with Crippen LogP contribution in [0.25, 0.3) is 11.4 Å². The Bertz CT molecular complexity index is 997. The van der Waals surface area contributed by atoms with Crippen molar-refractivity contribution in [2.45, 2.75) is 13.5 Å². The molecular formula is C20H19N3O4. The fourth-order valence-corrected chi connectivity index (χ4v) is 3.01. The van der Waals surface area contributed by atoms with Gasteiger partial charge >= 0.3 is 0 Å². The van der Waals surface area contributed by atoms with E-state index in [1.54, 1.807) is 24.1 Å². The lowest BCUT2D eigenvalue weighted by atomic mass is 10.1. The number of para-hydroxylation sites is 1. The maximum absolute atomic E-state index is 12.5. The Labute approximate surface area is 156 Å². The number of fused-ring (bicyclic) bond motifs is 1. The van der Waals surface area contributed by atoms with Gasteiger partial charge < -0.3 is 24.1 Å². The first-order valence-electron chi connectivity index (χ1n) is 8.50. The molecule has 0 saturated carbocycles. The summed E-state index contributed by atoms with van der Waals surface area (Å²) in [6.45, 7) is 2.25. The zero-order chi connectivity index (χ0) is 18.8. The van der Waals surface area contributed by atoms with Crippen molar-refractivity contribution < 1.29 is 19.0 Å². The number of carbonyl (C=O) groups is 1. The van der Waals surface area contributed by atoms with Crippen LogP contribution >= 0.6 is 0 Å². The predicted octanol–water partition coefficient (Wildman–Crippen LogP) is 3.23. The fraction of sp³-hybridized carbons (Fsp3) is 0.200. The lowest BCUT2D eigenvalue weighted by Crippen LogP contribution is -2.19. The second-order valence-electron chi connectivity index (χ2n) is 6.15. The van der Waals surface area contributed by atoms with E-state index in [2.05, 4.69) is 10.3 Å². The number of rotatable bonds is 5. The Morgan fingerprint density at radius 1 is 1.30 bits per heavy atom. The number of benzene rings is 2.